The van der Waals surface area contributed by atoms with Gasteiger partial charge in [-0.3, -0.25) is 4.79 Å². The van der Waals surface area contributed by atoms with Crippen molar-refractivity contribution in [1.29, 1.82) is 0 Å². The SMILES string of the molecule is O=Nc1cc(C2CC(=O)c3c(cc(O)c(C4CC(CO)C(O)C(O)C4O)c3O)O2)ccc1O. The van der Waals surface area contributed by atoms with Gasteiger partial charge in [0.2, 0.25) is 0 Å². The molecule has 1 aliphatic heterocycles. The van der Waals surface area contributed by atoms with E-state index >= 15 is 0 Å². The van der Waals surface area contributed by atoms with E-state index in [1.165, 1.54) is 18.2 Å². The highest BCUT2D eigenvalue weighted by Gasteiger charge is 2.46. The number of Topliss-reactive ketones (excluding diaryl/α,β-unsaturated/α-hetero) is 1. The molecular formula is C22H23NO10. The van der Waals surface area contributed by atoms with E-state index < -0.39 is 60.1 Å². The molecule has 2 aliphatic rings. The minimum atomic E-state index is -1.64. The van der Waals surface area contributed by atoms with Gasteiger partial charge in [0.25, 0.3) is 0 Å². The Morgan fingerprint density at radius 2 is 1.73 bits per heavy atom. The van der Waals surface area contributed by atoms with Crippen molar-refractivity contribution < 1.29 is 45.3 Å². The van der Waals surface area contributed by atoms with Crippen molar-refractivity contribution in [3.63, 3.8) is 0 Å². The Bertz CT molecular complexity index is 1100. The average molecular weight is 461 g/mol. The second-order valence-corrected chi connectivity index (χ2v) is 8.36. The van der Waals surface area contributed by atoms with Crippen LogP contribution in [0.1, 0.15) is 46.3 Å². The molecule has 1 fully saturated rings. The number of carbonyl (C=O) groups excluding carboxylic acids is 1. The highest BCUT2D eigenvalue weighted by atomic mass is 16.5. The molecule has 0 saturated heterocycles. The van der Waals surface area contributed by atoms with E-state index in [2.05, 4.69) is 5.18 Å². The number of phenolic OH excluding ortho intramolecular Hbond substituents is 3. The zero-order valence-corrected chi connectivity index (χ0v) is 17.2. The van der Waals surface area contributed by atoms with E-state index in [0.29, 0.717) is 5.56 Å². The van der Waals surface area contributed by atoms with E-state index in [9.17, 15) is 45.4 Å². The van der Waals surface area contributed by atoms with Crippen LogP contribution in [0.2, 0.25) is 0 Å². The van der Waals surface area contributed by atoms with Crippen molar-refractivity contribution in [2.45, 2.75) is 43.2 Å². The quantitative estimate of drug-likeness (QED) is 0.323. The summed E-state index contributed by atoms with van der Waals surface area (Å²) in [6.45, 7) is -0.498. The molecule has 11 heteroatoms. The lowest BCUT2D eigenvalue weighted by atomic mass is 9.72. The third-order valence-corrected chi connectivity index (χ3v) is 6.43. The molecule has 0 radical (unpaired) electrons. The Labute approximate surface area is 187 Å². The van der Waals surface area contributed by atoms with E-state index in [1.807, 2.05) is 0 Å². The van der Waals surface area contributed by atoms with Crippen LogP contribution in [0.3, 0.4) is 0 Å². The molecule has 1 heterocycles. The minimum absolute atomic E-state index is 0.0670. The topological polar surface area (TPSA) is 197 Å². The first-order valence-corrected chi connectivity index (χ1v) is 10.3. The maximum Gasteiger partial charge on any atom is 0.174 e. The number of phenols is 3. The first kappa shape index (κ1) is 22.9. The Kier molecular flexibility index (Phi) is 5.97. The molecular weight excluding hydrogens is 438 g/mol. The van der Waals surface area contributed by atoms with E-state index in [-0.39, 0.29) is 41.2 Å². The predicted molar refractivity (Wildman–Crippen MR) is 112 cm³/mol. The van der Waals surface area contributed by atoms with Gasteiger partial charge < -0.3 is 40.5 Å². The number of hydrogen-bond donors (Lipinski definition) is 7. The van der Waals surface area contributed by atoms with Crippen LogP contribution in [0.25, 0.3) is 0 Å². The molecule has 4 rings (SSSR count). The van der Waals surface area contributed by atoms with Crippen LogP contribution in [0.4, 0.5) is 5.69 Å². The maximum atomic E-state index is 12.9. The zero-order chi connectivity index (χ0) is 24.0. The first-order valence-electron chi connectivity index (χ1n) is 10.3. The van der Waals surface area contributed by atoms with Gasteiger partial charge in [-0.2, -0.15) is 0 Å². The number of rotatable bonds is 4. The molecule has 176 valence electrons. The number of hydrogen-bond acceptors (Lipinski definition) is 11. The summed E-state index contributed by atoms with van der Waals surface area (Å²) in [7, 11) is 0. The molecule has 0 aromatic heterocycles. The van der Waals surface area contributed by atoms with Gasteiger partial charge in [-0.1, -0.05) is 6.07 Å². The Morgan fingerprint density at radius 3 is 2.39 bits per heavy atom. The molecule has 33 heavy (non-hydrogen) atoms. The second kappa shape index (κ2) is 8.60. The number of benzene rings is 2. The van der Waals surface area contributed by atoms with Crippen molar-refractivity contribution in [1.82, 2.24) is 0 Å². The molecule has 0 bridgehead atoms. The fourth-order valence-electron chi connectivity index (χ4n) is 4.63. The molecule has 1 saturated carbocycles. The maximum absolute atomic E-state index is 12.9. The van der Waals surface area contributed by atoms with Crippen molar-refractivity contribution in [3.8, 4) is 23.0 Å². The number of ether oxygens (including phenoxy) is 1. The monoisotopic (exact) mass is 461 g/mol. The van der Waals surface area contributed by atoms with E-state index in [4.69, 9.17) is 4.74 Å². The van der Waals surface area contributed by atoms with Crippen LogP contribution < -0.4 is 4.74 Å². The Hall–Kier alpha value is -3.25. The first-order chi connectivity index (χ1) is 15.7. The highest BCUT2D eigenvalue weighted by molar-refractivity contribution is 6.03. The Balaban J connectivity index is 1.72. The van der Waals surface area contributed by atoms with Crippen molar-refractivity contribution >= 4 is 11.5 Å². The van der Waals surface area contributed by atoms with Crippen molar-refractivity contribution in [2.24, 2.45) is 11.1 Å². The lowest BCUT2D eigenvalue weighted by Crippen LogP contribution is -2.51. The third kappa shape index (κ3) is 3.78. The molecule has 6 atom stereocenters. The van der Waals surface area contributed by atoms with Gasteiger partial charge >= 0.3 is 0 Å². The number of aromatic hydroxyl groups is 3. The number of nitrogens with zero attached hydrogens (tertiary/aromatic N) is 1. The van der Waals surface area contributed by atoms with Crippen molar-refractivity contribution in [2.75, 3.05) is 6.61 Å². The summed E-state index contributed by atoms with van der Waals surface area (Å²) in [5, 5.41) is 74.0. The van der Waals surface area contributed by atoms with Crippen LogP contribution in [-0.2, 0) is 0 Å². The van der Waals surface area contributed by atoms with Gasteiger partial charge in [-0.15, -0.1) is 4.91 Å². The molecule has 2 aromatic carbocycles. The van der Waals surface area contributed by atoms with Gasteiger partial charge in [0.05, 0.1) is 18.6 Å². The number of aliphatic hydroxyl groups is 4. The molecule has 0 spiro atoms. The van der Waals surface area contributed by atoms with Crippen molar-refractivity contribution in [3.05, 3.63) is 45.9 Å². The van der Waals surface area contributed by atoms with Gasteiger partial charge in [0.15, 0.2) is 5.78 Å². The second-order valence-electron chi connectivity index (χ2n) is 8.36. The number of nitroso groups, excluding NO2 is 1. The summed E-state index contributed by atoms with van der Waals surface area (Å²) in [5.41, 5.74) is -0.283. The largest absolute Gasteiger partial charge is 0.507 e. The fraction of sp³-hybridized carbons (Fsp3) is 0.409. The smallest absolute Gasteiger partial charge is 0.174 e. The Morgan fingerprint density at radius 1 is 1.00 bits per heavy atom. The molecule has 7 N–H and O–H groups in total. The summed E-state index contributed by atoms with van der Waals surface area (Å²) >= 11 is 0. The standard InChI is InChI=1S/C22H23NO10/c24-7-9-3-10(20(29)22(31)19(9)28)17-13(26)6-16-18(21(17)30)14(27)5-15(33-16)8-1-2-12(25)11(4-8)23-32/h1-2,4,6,9-10,15,19-20,22,24-26,28-31H,3,5,7H2. The zero-order valence-electron chi connectivity index (χ0n) is 17.2. The lowest BCUT2D eigenvalue weighted by Gasteiger charge is -2.40. The highest BCUT2D eigenvalue weighted by Crippen LogP contribution is 2.50. The number of fused-ring (bicyclic) bond motifs is 1. The van der Waals surface area contributed by atoms with Crippen LogP contribution in [0.5, 0.6) is 23.0 Å². The molecule has 2 aromatic rings. The average Bonchev–Trinajstić information content (AvgIpc) is 2.78. The number of carbonyl (C=O) groups is 1. The molecule has 11 nitrogen and oxygen atoms in total. The minimum Gasteiger partial charge on any atom is -0.507 e. The van der Waals surface area contributed by atoms with Gasteiger partial charge in [-0.25, -0.2) is 0 Å². The number of ketones is 1. The normalized spacial score (nSPS) is 29.3. The predicted octanol–water partition coefficient (Wildman–Crippen LogP) is 1.09. The fourth-order valence-corrected chi connectivity index (χ4v) is 4.63. The summed E-state index contributed by atoms with van der Waals surface area (Å²) < 4.78 is 5.78. The molecule has 6 unspecified atom stereocenters. The van der Waals surface area contributed by atoms with Crippen LogP contribution in [0, 0.1) is 10.8 Å². The van der Waals surface area contributed by atoms with Crippen LogP contribution in [0.15, 0.2) is 29.4 Å². The van der Waals surface area contributed by atoms with Gasteiger partial charge in [0, 0.05) is 30.1 Å². The summed E-state index contributed by atoms with van der Waals surface area (Å²) in [6.07, 6.45) is -5.79. The van der Waals surface area contributed by atoms with E-state index in [1.54, 1.807) is 0 Å². The van der Waals surface area contributed by atoms with E-state index in [0.717, 1.165) is 6.07 Å². The lowest BCUT2D eigenvalue weighted by molar-refractivity contribution is -0.127. The van der Waals surface area contributed by atoms with Gasteiger partial charge in [-0.05, 0) is 29.3 Å². The molecule has 0 amide bonds. The number of aliphatic hydroxyl groups excluding tert-OH is 4. The third-order valence-electron chi connectivity index (χ3n) is 6.43. The summed E-state index contributed by atoms with van der Waals surface area (Å²) in [4.78, 5) is 23.8. The van der Waals surface area contributed by atoms with Crippen LogP contribution >= 0.6 is 0 Å². The summed E-state index contributed by atoms with van der Waals surface area (Å²) in [6, 6.07) is 5.04. The summed E-state index contributed by atoms with van der Waals surface area (Å²) in [5.74, 6) is -4.05. The van der Waals surface area contributed by atoms with Crippen LogP contribution in [-0.4, -0.2) is 66.4 Å². The molecule has 1 aliphatic carbocycles. The van der Waals surface area contributed by atoms with Gasteiger partial charge in [0.1, 0.15) is 46.5 Å².